The molecule has 16 heavy (non-hydrogen) atoms. The van der Waals surface area contributed by atoms with Crippen molar-refractivity contribution in [1.82, 2.24) is 0 Å². The molecule has 2 unspecified atom stereocenters. The van der Waals surface area contributed by atoms with Crippen LogP contribution in [0.4, 0.5) is 26.3 Å². The van der Waals surface area contributed by atoms with Gasteiger partial charge in [-0.2, -0.15) is 8.78 Å². The summed E-state index contributed by atoms with van der Waals surface area (Å²) in [5.41, 5.74) is 0. The van der Waals surface area contributed by atoms with Crippen molar-refractivity contribution in [2.24, 2.45) is 5.92 Å². The van der Waals surface area contributed by atoms with Gasteiger partial charge in [0.25, 0.3) is 0 Å². The van der Waals surface area contributed by atoms with Gasteiger partial charge in [-0.05, 0) is 18.8 Å². The average Bonchev–Trinajstić information content (AvgIpc) is 2.11. The number of hydrogen-bond acceptors (Lipinski definition) is 1. The molecule has 0 aromatic heterocycles. The van der Waals surface area contributed by atoms with Gasteiger partial charge in [0, 0.05) is 0 Å². The number of hydrogen-bond donors (Lipinski definition) is 0. The Labute approximate surface area is 88.8 Å². The first kappa shape index (κ1) is 13.6. The van der Waals surface area contributed by atoms with Crippen LogP contribution >= 0.6 is 0 Å². The Morgan fingerprint density at radius 1 is 1.12 bits per heavy atom. The van der Waals surface area contributed by atoms with Crippen LogP contribution in [0.2, 0.25) is 0 Å². The Bertz CT molecular complexity index is 222. The molecule has 96 valence electrons. The van der Waals surface area contributed by atoms with Crippen LogP contribution in [-0.2, 0) is 4.74 Å². The summed E-state index contributed by atoms with van der Waals surface area (Å²) in [6.45, 7) is 1.56. The van der Waals surface area contributed by atoms with E-state index in [4.69, 9.17) is 0 Å². The minimum Gasteiger partial charge on any atom is -0.306 e. The molecule has 0 aromatic carbocycles. The van der Waals surface area contributed by atoms with E-state index < -0.39 is 31.0 Å². The molecule has 1 aliphatic carbocycles. The number of ether oxygens (including phenoxy) is 1. The molecule has 1 fully saturated rings. The van der Waals surface area contributed by atoms with Crippen molar-refractivity contribution in [1.29, 1.82) is 0 Å². The van der Waals surface area contributed by atoms with E-state index in [1.165, 1.54) is 0 Å². The Balaban J connectivity index is 2.65. The summed E-state index contributed by atoms with van der Waals surface area (Å²) in [5, 5.41) is 0. The first-order valence-corrected chi connectivity index (χ1v) is 4.86. The third-order valence-corrected chi connectivity index (χ3v) is 2.52. The van der Waals surface area contributed by atoms with Gasteiger partial charge in [0.05, 0.1) is 0 Å². The molecule has 2 atom stereocenters. The largest absolute Gasteiger partial charge is 0.416 e. The van der Waals surface area contributed by atoms with E-state index in [9.17, 15) is 26.3 Å². The lowest BCUT2D eigenvalue weighted by Gasteiger charge is -2.34. The average molecular weight is 250 g/mol. The maximum Gasteiger partial charge on any atom is 0.416 e. The van der Waals surface area contributed by atoms with Gasteiger partial charge in [-0.1, -0.05) is 6.92 Å². The molecule has 0 heterocycles. The fourth-order valence-electron chi connectivity index (χ4n) is 1.74. The van der Waals surface area contributed by atoms with E-state index in [-0.39, 0.29) is 18.8 Å². The van der Waals surface area contributed by atoms with Crippen LogP contribution in [0.25, 0.3) is 0 Å². The summed E-state index contributed by atoms with van der Waals surface area (Å²) in [4.78, 5) is 0. The second-order valence-corrected chi connectivity index (χ2v) is 4.05. The lowest BCUT2D eigenvalue weighted by Crippen LogP contribution is -2.47. The molecule has 1 saturated carbocycles. The predicted molar refractivity (Wildman–Crippen MR) is 44.0 cm³/mol. The van der Waals surface area contributed by atoms with E-state index in [1.807, 2.05) is 0 Å². The number of halogens is 6. The summed E-state index contributed by atoms with van der Waals surface area (Å²) in [6.07, 6.45) is -15.3. The minimum atomic E-state index is -4.81. The van der Waals surface area contributed by atoms with Crippen molar-refractivity contribution in [2.45, 2.75) is 50.7 Å². The normalized spacial score (nSPS) is 36.8. The van der Waals surface area contributed by atoms with E-state index in [1.54, 1.807) is 6.92 Å². The lowest BCUT2D eigenvalue weighted by molar-refractivity contribution is -0.334. The Kier molecular flexibility index (Phi) is 4.09. The monoisotopic (exact) mass is 250 g/mol. The van der Waals surface area contributed by atoms with Gasteiger partial charge in [0.15, 0.2) is 0 Å². The van der Waals surface area contributed by atoms with Crippen LogP contribution in [0.5, 0.6) is 0 Å². The zero-order valence-corrected chi connectivity index (χ0v) is 8.48. The molecule has 0 aliphatic heterocycles. The third kappa shape index (κ3) is 3.02. The van der Waals surface area contributed by atoms with E-state index >= 15 is 0 Å². The zero-order chi connectivity index (χ0) is 12.5. The van der Waals surface area contributed by atoms with Crippen molar-refractivity contribution >= 4 is 0 Å². The van der Waals surface area contributed by atoms with Crippen molar-refractivity contribution in [3.63, 3.8) is 0 Å². The quantitative estimate of drug-likeness (QED) is 0.698. The molecule has 0 spiro atoms. The first-order valence-electron chi connectivity index (χ1n) is 4.86. The smallest absolute Gasteiger partial charge is 0.306 e. The molecule has 0 amide bonds. The van der Waals surface area contributed by atoms with E-state index in [2.05, 4.69) is 4.74 Å². The molecule has 1 aliphatic rings. The minimum absolute atomic E-state index is 0.162. The molecule has 1 nitrogen and oxygen atoms in total. The van der Waals surface area contributed by atoms with Crippen molar-refractivity contribution < 1.29 is 31.1 Å². The summed E-state index contributed by atoms with van der Waals surface area (Å²) < 4.78 is 78.5. The molecule has 0 N–H and O–H groups in total. The lowest BCUT2D eigenvalue weighted by atomic mass is 9.86. The van der Waals surface area contributed by atoms with Gasteiger partial charge in [-0.15, -0.1) is 0 Å². The molecule has 0 aromatic rings. The van der Waals surface area contributed by atoms with Gasteiger partial charge in [0.1, 0.15) is 18.4 Å². The van der Waals surface area contributed by atoms with Crippen molar-refractivity contribution in [3.8, 4) is 0 Å². The molecule has 7 heteroatoms. The van der Waals surface area contributed by atoms with Crippen LogP contribution in [0.3, 0.4) is 0 Å². The maximum absolute atomic E-state index is 13.2. The van der Waals surface area contributed by atoms with Crippen molar-refractivity contribution in [2.75, 3.05) is 0 Å². The fraction of sp³-hybridized carbons (Fsp3) is 1.00. The summed E-state index contributed by atoms with van der Waals surface area (Å²) in [6, 6.07) is 0. The highest BCUT2D eigenvalue weighted by Crippen LogP contribution is 2.35. The van der Waals surface area contributed by atoms with Crippen molar-refractivity contribution in [3.05, 3.63) is 0 Å². The Morgan fingerprint density at radius 2 is 1.56 bits per heavy atom. The summed E-state index contributed by atoms with van der Waals surface area (Å²) in [5.74, 6) is -0.315. The predicted octanol–water partition coefficient (Wildman–Crippen LogP) is 3.34. The van der Waals surface area contributed by atoms with E-state index in [0.717, 1.165) is 0 Å². The van der Waals surface area contributed by atoms with Gasteiger partial charge in [-0.3, -0.25) is 0 Å². The fourth-order valence-corrected chi connectivity index (χ4v) is 1.74. The second-order valence-electron chi connectivity index (χ2n) is 4.05. The highest BCUT2D eigenvalue weighted by Gasteiger charge is 2.49. The Morgan fingerprint density at radius 3 is 1.94 bits per heavy atom. The van der Waals surface area contributed by atoms with Crippen LogP contribution < -0.4 is 0 Å². The highest BCUT2D eigenvalue weighted by atomic mass is 19.3. The highest BCUT2D eigenvalue weighted by molar-refractivity contribution is 4.87. The molecular formula is C9H12F6O. The second kappa shape index (κ2) is 4.81. The summed E-state index contributed by atoms with van der Waals surface area (Å²) >= 11 is 0. The van der Waals surface area contributed by atoms with Gasteiger partial charge >= 0.3 is 12.5 Å². The number of rotatable bonds is 3. The van der Waals surface area contributed by atoms with Gasteiger partial charge < -0.3 is 4.74 Å². The Hall–Kier alpha value is -0.460. The SMILES string of the molecule is CC1CC(F)C(OC(F)(F)C(F)F)C(F)C1. The molecule has 1 rings (SSSR count). The molecular weight excluding hydrogens is 238 g/mol. The summed E-state index contributed by atoms with van der Waals surface area (Å²) in [7, 11) is 0. The van der Waals surface area contributed by atoms with Crippen LogP contribution in [-0.4, -0.2) is 31.0 Å². The molecule has 0 radical (unpaired) electrons. The topological polar surface area (TPSA) is 9.23 Å². The standard InChI is InChI=1S/C9H12F6O/c1-4-2-5(10)7(6(11)3-4)16-9(14,15)8(12)13/h4-8H,2-3H2,1H3. The number of alkyl halides is 6. The maximum atomic E-state index is 13.2. The van der Waals surface area contributed by atoms with Crippen LogP contribution in [0.15, 0.2) is 0 Å². The zero-order valence-electron chi connectivity index (χ0n) is 8.48. The van der Waals surface area contributed by atoms with Crippen LogP contribution in [0, 0.1) is 5.92 Å². The third-order valence-electron chi connectivity index (χ3n) is 2.52. The van der Waals surface area contributed by atoms with E-state index in [0.29, 0.717) is 0 Å². The van der Waals surface area contributed by atoms with Gasteiger partial charge in [-0.25, -0.2) is 17.6 Å². The van der Waals surface area contributed by atoms with Gasteiger partial charge in [0.2, 0.25) is 0 Å². The molecule has 0 saturated heterocycles. The molecule has 0 bridgehead atoms. The van der Waals surface area contributed by atoms with Crippen LogP contribution in [0.1, 0.15) is 19.8 Å². The first-order chi connectivity index (χ1) is 7.24.